The number of hydrogen-bond donors (Lipinski definition) is 2. The number of fused-ring (bicyclic) bond motifs is 2. The van der Waals surface area contributed by atoms with Gasteiger partial charge < -0.3 is 20.5 Å². The van der Waals surface area contributed by atoms with Crippen LogP contribution in [0.2, 0.25) is 0 Å². The van der Waals surface area contributed by atoms with Gasteiger partial charge >= 0.3 is 0 Å². The summed E-state index contributed by atoms with van der Waals surface area (Å²) < 4.78 is 5.55. The van der Waals surface area contributed by atoms with E-state index >= 15 is 0 Å². The van der Waals surface area contributed by atoms with Crippen LogP contribution in [-0.2, 0) is 16.1 Å². The summed E-state index contributed by atoms with van der Waals surface area (Å²) in [5.41, 5.74) is 7.31. The van der Waals surface area contributed by atoms with Crippen molar-refractivity contribution in [1.82, 2.24) is 4.90 Å². The lowest BCUT2D eigenvalue weighted by Crippen LogP contribution is -2.47. The lowest BCUT2D eigenvalue weighted by atomic mass is 9.84. The fourth-order valence-electron chi connectivity index (χ4n) is 4.30. The number of nitrogens with two attached hydrogens (primary N) is 1. The summed E-state index contributed by atoms with van der Waals surface area (Å²) in [6.07, 6.45) is 2.69. The number of amides is 1. The Morgan fingerprint density at radius 1 is 1.32 bits per heavy atom. The molecule has 6 heteroatoms. The zero-order valence-electron chi connectivity index (χ0n) is 14.7. The molecule has 5 atom stereocenters. The van der Waals surface area contributed by atoms with Gasteiger partial charge in [0.05, 0.1) is 25.2 Å². The quantitative estimate of drug-likeness (QED) is 0.769. The Morgan fingerprint density at radius 2 is 2.00 bits per heavy atom. The number of carbonyl (C=O) groups excluding carboxylic acids is 1. The number of carbonyl (C=O) groups is 1. The molecular formula is C19H29ClN2O3. The van der Waals surface area contributed by atoms with Crippen LogP contribution in [-0.4, -0.2) is 48.3 Å². The number of rotatable bonds is 7. The second-order valence-electron chi connectivity index (χ2n) is 7.31. The van der Waals surface area contributed by atoms with Crippen molar-refractivity contribution in [2.24, 2.45) is 23.5 Å². The number of aliphatic hydroxyl groups is 1. The number of benzene rings is 1. The second-order valence-corrected chi connectivity index (χ2v) is 7.31. The third-order valence-corrected chi connectivity index (χ3v) is 5.55. The van der Waals surface area contributed by atoms with Crippen molar-refractivity contribution in [3.8, 4) is 0 Å². The van der Waals surface area contributed by atoms with E-state index in [1.165, 1.54) is 0 Å². The van der Waals surface area contributed by atoms with Crippen LogP contribution in [0.3, 0.4) is 0 Å². The SMILES string of the molecule is CN(CC(O)COCc1ccccc1)C(=O)C1C2CCC(C2)C1N.Cl. The van der Waals surface area contributed by atoms with Crippen molar-refractivity contribution in [2.45, 2.75) is 38.0 Å². The van der Waals surface area contributed by atoms with Gasteiger partial charge in [-0.25, -0.2) is 0 Å². The van der Waals surface area contributed by atoms with Crippen LogP contribution in [0.5, 0.6) is 0 Å². The normalized spacial score (nSPS) is 28.4. The van der Waals surface area contributed by atoms with E-state index in [0.717, 1.165) is 24.8 Å². The number of hydrogen-bond acceptors (Lipinski definition) is 4. The zero-order chi connectivity index (χ0) is 17.1. The molecule has 2 saturated carbocycles. The molecule has 2 fully saturated rings. The van der Waals surface area contributed by atoms with Gasteiger partial charge in [0.15, 0.2) is 0 Å². The van der Waals surface area contributed by atoms with E-state index < -0.39 is 6.10 Å². The molecule has 0 heterocycles. The van der Waals surface area contributed by atoms with E-state index in [0.29, 0.717) is 18.4 Å². The first-order chi connectivity index (χ1) is 11.6. The Bertz CT molecular complexity index is 555. The minimum absolute atomic E-state index is 0. The van der Waals surface area contributed by atoms with Gasteiger partial charge in [-0.05, 0) is 36.7 Å². The average Bonchev–Trinajstić information content (AvgIpc) is 3.16. The first-order valence-electron chi connectivity index (χ1n) is 8.86. The third kappa shape index (κ3) is 4.73. The Hall–Kier alpha value is -1.14. The summed E-state index contributed by atoms with van der Waals surface area (Å²) in [7, 11) is 1.75. The molecule has 1 amide bonds. The van der Waals surface area contributed by atoms with Crippen molar-refractivity contribution in [2.75, 3.05) is 20.2 Å². The summed E-state index contributed by atoms with van der Waals surface area (Å²) in [6.45, 7) is 0.969. The highest BCUT2D eigenvalue weighted by atomic mass is 35.5. The monoisotopic (exact) mass is 368 g/mol. The van der Waals surface area contributed by atoms with E-state index in [2.05, 4.69) is 0 Å². The Labute approximate surface area is 155 Å². The summed E-state index contributed by atoms with van der Waals surface area (Å²) in [5.74, 6) is 0.964. The summed E-state index contributed by atoms with van der Waals surface area (Å²) >= 11 is 0. The van der Waals surface area contributed by atoms with Crippen LogP contribution in [0.15, 0.2) is 30.3 Å². The van der Waals surface area contributed by atoms with Crippen LogP contribution < -0.4 is 5.73 Å². The molecule has 5 nitrogen and oxygen atoms in total. The van der Waals surface area contributed by atoms with Gasteiger partial charge in [0.25, 0.3) is 0 Å². The summed E-state index contributed by atoms with van der Waals surface area (Å²) in [4.78, 5) is 14.3. The molecule has 2 bridgehead atoms. The van der Waals surface area contributed by atoms with E-state index in [1.54, 1.807) is 11.9 Å². The molecule has 140 valence electrons. The predicted molar refractivity (Wildman–Crippen MR) is 99.3 cm³/mol. The van der Waals surface area contributed by atoms with Gasteiger partial charge in [-0.3, -0.25) is 4.79 Å². The van der Waals surface area contributed by atoms with Crippen molar-refractivity contribution >= 4 is 18.3 Å². The van der Waals surface area contributed by atoms with Crippen LogP contribution in [0.4, 0.5) is 0 Å². The second kappa shape index (κ2) is 8.99. The molecule has 3 rings (SSSR count). The van der Waals surface area contributed by atoms with Crippen molar-refractivity contribution in [3.63, 3.8) is 0 Å². The molecule has 0 aromatic heterocycles. The maximum absolute atomic E-state index is 12.7. The number of aliphatic hydroxyl groups excluding tert-OH is 1. The smallest absolute Gasteiger partial charge is 0.227 e. The van der Waals surface area contributed by atoms with Crippen LogP contribution in [0.25, 0.3) is 0 Å². The fraction of sp³-hybridized carbons (Fsp3) is 0.632. The van der Waals surface area contributed by atoms with Gasteiger partial charge in [-0.1, -0.05) is 30.3 Å². The van der Waals surface area contributed by atoms with E-state index in [9.17, 15) is 9.90 Å². The Kier molecular flexibility index (Phi) is 7.25. The van der Waals surface area contributed by atoms with Crippen LogP contribution in [0, 0.1) is 17.8 Å². The standard InChI is InChI=1S/C19H28N2O3.ClH/c1-21(19(23)17-14-7-8-15(9-14)18(17)20)10-16(22)12-24-11-13-5-3-2-4-6-13;/h2-6,14-18,22H,7-12,20H2,1H3;1H. The average molecular weight is 369 g/mol. The first-order valence-corrected chi connectivity index (χ1v) is 8.86. The molecule has 1 aromatic rings. The Morgan fingerprint density at radius 3 is 2.64 bits per heavy atom. The molecule has 0 radical (unpaired) electrons. The molecule has 0 spiro atoms. The molecule has 25 heavy (non-hydrogen) atoms. The van der Waals surface area contributed by atoms with E-state index in [1.807, 2.05) is 30.3 Å². The van der Waals surface area contributed by atoms with Gasteiger partial charge in [0, 0.05) is 19.6 Å². The molecule has 3 N–H and O–H groups in total. The maximum atomic E-state index is 12.7. The summed E-state index contributed by atoms with van der Waals surface area (Å²) in [6, 6.07) is 9.83. The Balaban J connectivity index is 0.00000225. The number of halogens is 1. The largest absolute Gasteiger partial charge is 0.389 e. The molecule has 2 aliphatic rings. The highest BCUT2D eigenvalue weighted by molar-refractivity contribution is 5.85. The molecule has 1 aromatic carbocycles. The topological polar surface area (TPSA) is 75.8 Å². The fourth-order valence-corrected chi connectivity index (χ4v) is 4.30. The maximum Gasteiger partial charge on any atom is 0.227 e. The minimum atomic E-state index is -0.683. The highest BCUT2D eigenvalue weighted by Crippen LogP contribution is 2.48. The number of nitrogens with zero attached hydrogens (tertiary/aromatic N) is 1. The van der Waals surface area contributed by atoms with Crippen molar-refractivity contribution in [1.29, 1.82) is 0 Å². The lowest BCUT2D eigenvalue weighted by Gasteiger charge is -2.31. The third-order valence-electron chi connectivity index (χ3n) is 5.55. The first kappa shape index (κ1) is 20.2. The highest BCUT2D eigenvalue weighted by Gasteiger charge is 2.49. The zero-order valence-corrected chi connectivity index (χ0v) is 15.5. The van der Waals surface area contributed by atoms with Gasteiger partial charge in [-0.2, -0.15) is 0 Å². The summed E-state index contributed by atoms with van der Waals surface area (Å²) in [5, 5.41) is 10.1. The predicted octanol–water partition coefficient (Wildman–Crippen LogP) is 1.82. The van der Waals surface area contributed by atoms with Crippen molar-refractivity contribution < 1.29 is 14.6 Å². The molecule has 2 aliphatic carbocycles. The molecule has 0 saturated heterocycles. The van der Waals surface area contributed by atoms with Gasteiger partial charge in [0.1, 0.15) is 0 Å². The van der Waals surface area contributed by atoms with Gasteiger partial charge in [-0.15, -0.1) is 12.4 Å². The van der Waals surface area contributed by atoms with E-state index in [-0.39, 0.29) is 43.4 Å². The minimum Gasteiger partial charge on any atom is -0.389 e. The molecule has 0 aliphatic heterocycles. The molecular weight excluding hydrogens is 340 g/mol. The number of likely N-dealkylation sites (N-methyl/N-ethyl adjacent to an activating group) is 1. The van der Waals surface area contributed by atoms with Gasteiger partial charge in [0.2, 0.25) is 5.91 Å². The molecule has 5 unspecified atom stereocenters. The van der Waals surface area contributed by atoms with Crippen molar-refractivity contribution in [3.05, 3.63) is 35.9 Å². The van der Waals surface area contributed by atoms with Crippen LogP contribution in [0.1, 0.15) is 24.8 Å². The van der Waals surface area contributed by atoms with Crippen LogP contribution >= 0.6 is 12.4 Å². The lowest BCUT2D eigenvalue weighted by molar-refractivity contribution is -0.138. The van der Waals surface area contributed by atoms with E-state index in [4.69, 9.17) is 10.5 Å². The number of ether oxygens (including phenoxy) is 1.